The minimum Gasteiger partial charge on any atom is -0.444 e. The van der Waals surface area contributed by atoms with Gasteiger partial charge < -0.3 is 40.2 Å². The van der Waals surface area contributed by atoms with Gasteiger partial charge in [0.05, 0.1) is 0 Å². The van der Waals surface area contributed by atoms with Crippen LogP contribution in [-0.4, -0.2) is 71.3 Å². The Hall–Kier alpha value is -4.36. The lowest BCUT2D eigenvalue weighted by molar-refractivity contribution is -0.141. The molecule has 0 aliphatic heterocycles. The largest absolute Gasteiger partial charge is 0.444 e. The lowest BCUT2D eigenvalue weighted by Crippen LogP contribution is -2.51. The summed E-state index contributed by atoms with van der Waals surface area (Å²) in [6, 6.07) is 0.266. The van der Waals surface area contributed by atoms with Crippen LogP contribution in [0.3, 0.4) is 0 Å². The fourth-order valence-corrected chi connectivity index (χ4v) is 3.12. The van der Waals surface area contributed by atoms with Gasteiger partial charge in [0.15, 0.2) is 11.5 Å². The van der Waals surface area contributed by atoms with Crippen LogP contribution in [0.5, 0.6) is 11.5 Å². The quantitative estimate of drug-likeness (QED) is 0.227. The number of rotatable bonds is 10. The van der Waals surface area contributed by atoms with Gasteiger partial charge in [-0.25, -0.2) is 19.2 Å². The molecule has 4 unspecified atom stereocenters. The van der Waals surface area contributed by atoms with Crippen molar-refractivity contribution >= 4 is 35.9 Å². The number of benzene rings is 1. The third kappa shape index (κ3) is 13.4. The van der Waals surface area contributed by atoms with E-state index in [0.29, 0.717) is 5.56 Å². The van der Waals surface area contributed by atoms with Gasteiger partial charge >= 0.3 is 24.1 Å². The molecule has 1 rings (SSSR count). The molecule has 4 amide bonds. The van der Waals surface area contributed by atoms with Gasteiger partial charge in [-0.1, -0.05) is 12.1 Å². The zero-order valence-electron chi connectivity index (χ0n) is 26.6. The average Bonchev–Trinajstić information content (AvgIpc) is 2.83. The first-order chi connectivity index (χ1) is 19.6. The Morgan fingerprint density at radius 1 is 0.605 bits per heavy atom. The van der Waals surface area contributed by atoms with Crippen molar-refractivity contribution in [1.82, 2.24) is 21.3 Å². The van der Waals surface area contributed by atoms with Crippen molar-refractivity contribution in [1.29, 1.82) is 0 Å². The van der Waals surface area contributed by atoms with Gasteiger partial charge in [-0.05, 0) is 87.8 Å². The molecule has 43 heavy (non-hydrogen) atoms. The molecule has 0 heterocycles. The van der Waals surface area contributed by atoms with Crippen molar-refractivity contribution in [2.75, 3.05) is 0 Å². The summed E-state index contributed by atoms with van der Waals surface area (Å²) < 4.78 is 21.1. The second-order valence-electron chi connectivity index (χ2n) is 11.9. The Kier molecular flexibility index (Phi) is 13.0. The van der Waals surface area contributed by atoms with Gasteiger partial charge in [0.25, 0.3) is 0 Å². The summed E-state index contributed by atoms with van der Waals surface area (Å²) in [5.41, 5.74) is -1.07. The molecular formula is C29H44N4O10. The van der Waals surface area contributed by atoms with E-state index in [9.17, 15) is 28.8 Å². The number of hydrogen-bond acceptors (Lipinski definition) is 10. The van der Waals surface area contributed by atoms with E-state index in [4.69, 9.17) is 18.9 Å². The van der Waals surface area contributed by atoms with Crippen molar-refractivity contribution in [2.24, 2.45) is 0 Å². The molecule has 1 aromatic rings. The molecule has 0 fully saturated rings. The summed E-state index contributed by atoms with van der Waals surface area (Å²) in [5.74, 6) is -3.23. The number of esters is 2. The minimum absolute atomic E-state index is 0.0691. The molecule has 4 atom stereocenters. The molecule has 4 N–H and O–H groups in total. The fourth-order valence-electron chi connectivity index (χ4n) is 3.12. The maximum atomic E-state index is 12.8. The lowest BCUT2D eigenvalue weighted by Gasteiger charge is -2.23. The predicted octanol–water partition coefficient (Wildman–Crippen LogP) is 2.64. The van der Waals surface area contributed by atoms with Crippen LogP contribution in [0.2, 0.25) is 0 Å². The average molecular weight is 609 g/mol. The summed E-state index contributed by atoms with van der Waals surface area (Å²) in [6.45, 7) is 17.3. The van der Waals surface area contributed by atoms with E-state index in [-0.39, 0.29) is 11.5 Å². The van der Waals surface area contributed by atoms with E-state index in [2.05, 4.69) is 21.3 Å². The van der Waals surface area contributed by atoms with Gasteiger partial charge in [-0.3, -0.25) is 9.59 Å². The van der Waals surface area contributed by atoms with E-state index >= 15 is 0 Å². The van der Waals surface area contributed by atoms with Crippen LogP contribution in [0.25, 0.3) is 0 Å². The van der Waals surface area contributed by atoms with Crippen LogP contribution in [0.1, 0.15) is 74.8 Å². The monoisotopic (exact) mass is 608 g/mol. The number of nitrogens with one attached hydrogen (secondary N) is 4. The highest BCUT2D eigenvalue weighted by atomic mass is 16.6. The summed E-state index contributed by atoms with van der Waals surface area (Å²) >= 11 is 0. The fraction of sp³-hybridized carbons (Fsp3) is 0.586. The molecule has 0 saturated heterocycles. The molecule has 0 bridgehead atoms. The number of amides is 4. The first-order valence-electron chi connectivity index (χ1n) is 13.7. The van der Waals surface area contributed by atoms with Crippen molar-refractivity contribution in [3.63, 3.8) is 0 Å². The predicted molar refractivity (Wildman–Crippen MR) is 155 cm³/mol. The summed E-state index contributed by atoms with van der Waals surface area (Å²) in [5, 5.41) is 9.64. The molecular weight excluding hydrogens is 564 g/mol. The number of aryl methyl sites for hydroxylation is 1. The van der Waals surface area contributed by atoms with Crippen molar-refractivity contribution in [3.8, 4) is 11.5 Å². The Balaban J connectivity index is 2.82. The van der Waals surface area contributed by atoms with Gasteiger partial charge in [0, 0.05) is 0 Å². The van der Waals surface area contributed by atoms with Gasteiger partial charge in [0.2, 0.25) is 11.8 Å². The maximum Gasteiger partial charge on any atom is 0.408 e. The second kappa shape index (κ2) is 15.2. The van der Waals surface area contributed by atoms with Gasteiger partial charge in [-0.15, -0.1) is 0 Å². The third-order valence-corrected chi connectivity index (χ3v) is 5.27. The van der Waals surface area contributed by atoms with Crippen molar-refractivity contribution < 1.29 is 47.7 Å². The van der Waals surface area contributed by atoms with Crippen LogP contribution in [0, 0.1) is 6.92 Å². The summed E-state index contributed by atoms with van der Waals surface area (Å²) in [4.78, 5) is 74.4. The van der Waals surface area contributed by atoms with Crippen molar-refractivity contribution in [3.05, 3.63) is 23.8 Å². The van der Waals surface area contributed by atoms with E-state index in [1.54, 1.807) is 60.6 Å². The van der Waals surface area contributed by atoms with Crippen molar-refractivity contribution in [2.45, 2.75) is 112 Å². The number of para-hydroxylation sites is 1. The molecule has 240 valence electrons. The summed E-state index contributed by atoms with van der Waals surface area (Å²) in [7, 11) is 0. The van der Waals surface area contributed by atoms with E-state index in [1.165, 1.54) is 33.8 Å². The van der Waals surface area contributed by atoms with Crippen LogP contribution in [0.4, 0.5) is 9.59 Å². The lowest BCUT2D eigenvalue weighted by atomic mass is 10.2. The molecule has 0 radical (unpaired) electrons. The third-order valence-electron chi connectivity index (χ3n) is 5.27. The molecule has 0 aliphatic rings. The number of ether oxygens (including phenoxy) is 4. The molecule has 0 saturated carbocycles. The molecule has 14 heteroatoms. The minimum atomic E-state index is -1.14. The number of carbonyl (C=O) groups excluding carboxylic acids is 6. The smallest absolute Gasteiger partial charge is 0.408 e. The highest BCUT2D eigenvalue weighted by Crippen LogP contribution is 2.31. The highest BCUT2D eigenvalue weighted by Gasteiger charge is 2.28. The van der Waals surface area contributed by atoms with Crippen LogP contribution >= 0.6 is 0 Å². The zero-order valence-corrected chi connectivity index (χ0v) is 26.6. The normalized spacial score (nSPS) is 14.1. The molecule has 0 aromatic heterocycles. The molecule has 1 aromatic carbocycles. The Morgan fingerprint density at radius 2 is 1.00 bits per heavy atom. The number of carbonyl (C=O) groups is 6. The maximum absolute atomic E-state index is 12.8. The second-order valence-corrected chi connectivity index (χ2v) is 11.9. The van der Waals surface area contributed by atoms with Crippen LogP contribution in [-0.2, 0) is 28.7 Å². The SMILES string of the molecule is Cc1cccc(OC(=O)C(C)NC(=O)C(C)NC(=O)OC(C)(C)C)c1OC(=O)C(C)NC(=O)C(C)NC(=O)OC(C)(C)C. The van der Waals surface area contributed by atoms with Crippen LogP contribution < -0.4 is 30.7 Å². The zero-order chi connectivity index (χ0) is 33.3. The van der Waals surface area contributed by atoms with Gasteiger partial charge in [0.1, 0.15) is 35.4 Å². The Labute approximate surface area is 251 Å². The topological polar surface area (TPSA) is 187 Å². The Morgan fingerprint density at radius 3 is 1.40 bits per heavy atom. The van der Waals surface area contributed by atoms with E-state index in [1.807, 2.05) is 0 Å². The summed E-state index contributed by atoms with van der Waals surface area (Å²) in [6.07, 6.45) is -1.59. The first-order valence-corrected chi connectivity index (χ1v) is 13.7. The van der Waals surface area contributed by atoms with E-state index < -0.39 is 71.3 Å². The number of alkyl carbamates (subject to hydrolysis) is 2. The molecule has 0 aliphatic carbocycles. The standard InChI is InChI=1S/C29H44N4O10/c1-15-13-12-14-20(40-24(36)18(4)30-22(34)16(2)32-26(38)42-28(6,7)8)21(15)41-25(37)19(5)31-23(35)17(3)33-27(39)43-29(9,10)11/h12-14,16-19H,1-11H3,(H,30,34)(H,31,35)(H,32,38)(H,33,39). The Bertz CT molecular complexity index is 1200. The molecule has 0 spiro atoms. The van der Waals surface area contributed by atoms with E-state index in [0.717, 1.165) is 0 Å². The molecule has 14 nitrogen and oxygen atoms in total. The first kappa shape index (κ1) is 36.7. The van der Waals surface area contributed by atoms with Crippen LogP contribution in [0.15, 0.2) is 18.2 Å². The van der Waals surface area contributed by atoms with Gasteiger partial charge in [-0.2, -0.15) is 0 Å². The highest BCUT2D eigenvalue weighted by molar-refractivity contribution is 5.91. The number of hydrogen-bond donors (Lipinski definition) is 4.